The molecule has 2 rings (SSSR count). The van der Waals surface area contributed by atoms with E-state index in [1.807, 2.05) is 13.0 Å². The van der Waals surface area contributed by atoms with E-state index < -0.39 is 0 Å². The Hall–Kier alpha value is -3.28. The molecule has 0 bridgehead atoms. The number of methoxy groups -OCH3 is 1. The summed E-state index contributed by atoms with van der Waals surface area (Å²) in [7, 11) is 1.57. The summed E-state index contributed by atoms with van der Waals surface area (Å²) in [5, 5.41) is 5.42. The number of rotatable bonds is 7. The molecule has 0 spiro atoms. The standard InChI is InChI=1S/C20H22N2O4/c1-4-26-18-10-8-15(12-19(18)25-3)9-11-20(24)22-17-7-5-6-16(13-17)21-14(2)23/h5-13H,4H2,1-3H3,(H,21,23)(H,22,24)/b11-9+. The van der Waals surface area contributed by atoms with Crippen molar-refractivity contribution < 1.29 is 19.1 Å². The van der Waals surface area contributed by atoms with Crippen LogP contribution >= 0.6 is 0 Å². The van der Waals surface area contributed by atoms with Gasteiger partial charge < -0.3 is 20.1 Å². The first-order chi connectivity index (χ1) is 12.5. The van der Waals surface area contributed by atoms with Crippen molar-refractivity contribution >= 4 is 29.3 Å². The third-order valence-corrected chi connectivity index (χ3v) is 3.37. The number of nitrogens with one attached hydrogen (secondary N) is 2. The highest BCUT2D eigenvalue weighted by atomic mass is 16.5. The number of hydrogen-bond acceptors (Lipinski definition) is 4. The fourth-order valence-corrected chi connectivity index (χ4v) is 2.30. The van der Waals surface area contributed by atoms with Crippen LogP contribution in [-0.4, -0.2) is 25.5 Å². The van der Waals surface area contributed by atoms with Crippen molar-refractivity contribution in [2.75, 3.05) is 24.4 Å². The average Bonchev–Trinajstić information content (AvgIpc) is 2.60. The summed E-state index contributed by atoms with van der Waals surface area (Å²) in [5.41, 5.74) is 2.03. The minimum Gasteiger partial charge on any atom is -0.493 e. The van der Waals surface area contributed by atoms with Crippen LogP contribution in [0, 0.1) is 0 Å². The van der Waals surface area contributed by atoms with Gasteiger partial charge in [-0.15, -0.1) is 0 Å². The quantitative estimate of drug-likeness (QED) is 0.743. The third kappa shape index (κ3) is 5.66. The van der Waals surface area contributed by atoms with Crippen molar-refractivity contribution in [1.82, 2.24) is 0 Å². The predicted octanol–water partition coefficient (Wildman–Crippen LogP) is 3.70. The zero-order chi connectivity index (χ0) is 18.9. The monoisotopic (exact) mass is 354 g/mol. The van der Waals surface area contributed by atoms with Gasteiger partial charge in [0, 0.05) is 24.4 Å². The summed E-state index contributed by atoms with van der Waals surface area (Å²) < 4.78 is 10.8. The Labute approximate surface area is 152 Å². The number of benzene rings is 2. The molecular formula is C20H22N2O4. The fourth-order valence-electron chi connectivity index (χ4n) is 2.30. The molecule has 0 aromatic heterocycles. The fraction of sp³-hybridized carbons (Fsp3) is 0.200. The van der Waals surface area contributed by atoms with Gasteiger partial charge in [-0.1, -0.05) is 12.1 Å². The Morgan fingerprint density at radius 1 is 1.04 bits per heavy atom. The molecule has 0 aliphatic carbocycles. The highest BCUT2D eigenvalue weighted by Gasteiger charge is 2.05. The van der Waals surface area contributed by atoms with Gasteiger partial charge >= 0.3 is 0 Å². The SMILES string of the molecule is CCOc1ccc(/C=C/C(=O)Nc2cccc(NC(C)=O)c2)cc1OC. The minimum absolute atomic E-state index is 0.169. The number of hydrogen-bond donors (Lipinski definition) is 2. The molecule has 2 amide bonds. The van der Waals surface area contributed by atoms with Crippen LogP contribution in [0.3, 0.4) is 0 Å². The highest BCUT2D eigenvalue weighted by molar-refractivity contribution is 6.02. The molecule has 136 valence electrons. The van der Waals surface area contributed by atoms with Gasteiger partial charge in [0.25, 0.3) is 0 Å². The topological polar surface area (TPSA) is 76.7 Å². The van der Waals surface area contributed by atoms with E-state index in [0.29, 0.717) is 29.5 Å². The second kappa shape index (κ2) is 9.27. The Morgan fingerprint density at radius 2 is 1.77 bits per heavy atom. The summed E-state index contributed by atoms with van der Waals surface area (Å²) in [6.45, 7) is 3.88. The summed E-state index contributed by atoms with van der Waals surface area (Å²) >= 11 is 0. The van der Waals surface area contributed by atoms with Gasteiger partial charge in [-0.25, -0.2) is 0 Å². The lowest BCUT2D eigenvalue weighted by Crippen LogP contribution is -2.09. The van der Waals surface area contributed by atoms with Crippen LogP contribution in [0.1, 0.15) is 19.4 Å². The zero-order valence-electron chi connectivity index (χ0n) is 15.0. The van der Waals surface area contributed by atoms with E-state index in [4.69, 9.17) is 9.47 Å². The van der Waals surface area contributed by atoms with Crippen molar-refractivity contribution in [3.05, 3.63) is 54.1 Å². The largest absolute Gasteiger partial charge is 0.493 e. The van der Waals surface area contributed by atoms with Gasteiger partial charge in [-0.2, -0.15) is 0 Å². The highest BCUT2D eigenvalue weighted by Crippen LogP contribution is 2.28. The molecule has 26 heavy (non-hydrogen) atoms. The van der Waals surface area contributed by atoms with E-state index in [-0.39, 0.29) is 11.8 Å². The molecule has 2 aromatic rings. The van der Waals surface area contributed by atoms with E-state index >= 15 is 0 Å². The number of carbonyl (C=O) groups excluding carboxylic acids is 2. The molecule has 2 N–H and O–H groups in total. The second-order valence-corrected chi connectivity index (χ2v) is 5.43. The van der Waals surface area contributed by atoms with Gasteiger partial charge in [0.15, 0.2) is 11.5 Å². The molecule has 0 saturated carbocycles. The van der Waals surface area contributed by atoms with Gasteiger partial charge in [-0.05, 0) is 48.9 Å². The lowest BCUT2D eigenvalue weighted by molar-refractivity contribution is -0.114. The summed E-state index contributed by atoms with van der Waals surface area (Å²) in [6, 6.07) is 12.4. The molecular weight excluding hydrogens is 332 g/mol. The number of carbonyl (C=O) groups is 2. The molecule has 0 atom stereocenters. The molecule has 0 radical (unpaired) electrons. The maximum atomic E-state index is 12.1. The van der Waals surface area contributed by atoms with Crippen LogP contribution < -0.4 is 20.1 Å². The van der Waals surface area contributed by atoms with Crippen LogP contribution in [0.25, 0.3) is 6.08 Å². The smallest absolute Gasteiger partial charge is 0.248 e. The van der Waals surface area contributed by atoms with Crippen molar-refractivity contribution in [2.24, 2.45) is 0 Å². The van der Waals surface area contributed by atoms with Crippen LogP contribution in [0.5, 0.6) is 11.5 Å². The Bertz CT molecular complexity index is 815. The molecule has 0 heterocycles. The van der Waals surface area contributed by atoms with Crippen LogP contribution in [0.2, 0.25) is 0 Å². The van der Waals surface area contributed by atoms with E-state index in [2.05, 4.69) is 10.6 Å². The molecule has 6 nitrogen and oxygen atoms in total. The van der Waals surface area contributed by atoms with E-state index in [9.17, 15) is 9.59 Å². The third-order valence-electron chi connectivity index (χ3n) is 3.37. The molecule has 0 fully saturated rings. The molecule has 6 heteroatoms. The van der Waals surface area contributed by atoms with Crippen LogP contribution in [-0.2, 0) is 9.59 Å². The first-order valence-corrected chi connectivity index (χ1v) is 8.19. The average molecular weight is 354 g/mol. The van der Waals surface area contributed by atoms with Crippen molar-refractivity contribution in [3.63, 3.8) is 0 Å². The van der Waals surface area contributed by atoms with Gasteiger partial charge in [0.05, 0.1) is 13.7 Å². The maximum absolute atomic E-state index is 12.1. The molecule has 0 saturated heterocycles. The summed E-state index contributed by atoms with van der Waals surface area (Å²) in [6.07, 6.45) is 3.12. The van der Waals surface area contributed by atoms with Gasteiger partial charge in [-0.3, -0.25) is 9.59 Å². The number of anilines is 2. The zero-order valence-corrected chi connectivity index (χ0v) is 15.0. The van der Waals surface area contributed by atoms with Crippen molar-refractivity contribution in [3.8, 4) is 11.5 Å². The van der Waals surface area contributed by atoms with Crippen molar-refractivity contribution in [2.45, 2.75) is 13.8 Å². The van der Waals surface area contributed by atoms with Crippen LogP contribution in [0.4, 0.5) is 11.4 Å². The maximum Gasteiger partial charge on any atom is 0.248 e. The van der Waals surface area contributed by atoms with Crippen molar-refractivity contribution in [1.29, 1.82) is 0 Å². The molecule has 0 aliphatic rings. The van der Waals surface area contributed by atoms with Gasteiger partial charge in [0.1, 0.15) is 0 Å². The lowest BCUT2D eigenvalue weighted by atomic mass is 10.2. The lowest BCUT2D eigenvalue weighted by Gasteiger charge is -2.09. The first kappa shape index (κ1) is 19.1. The number of ether oxygens (including phenoxy) is 2. The van der Waals surface area contributed by atoms with Crippen LogP contribution in [0.15, 0.2) is 48.5 Å². The normalized spacial score (nSPS) is 10.4. The van der Waals surface area contributed by atoms with Gasteiger partial charge in [0.2, 0.25) is 11.8 Å². The Balaban J connectivity index is 2.04. The summed E-state index contributed by atoms with van der Waals surface area (Å²) in [5.74, 6) is 0.819. The molecule has 0 aliphatic heterocycles. The van der Waals surface area contributed by atoms with E-state index in [1.54, 1.807) is 49.6 Å². The predicted molar refractivity (Wildman–Crippen MR) is 103 cm³/mol. The Morgan fingerprint density at radius 3 is 2.42 bits per heavy atom. The first-order valence-electron chi connectivity index (χ1n) is 8.19. The van der Waals surface area contributed by atoms with E-state index in [0.717, 1.165) is 5.56 Å². The minimum atomic E-state index is -0.280. The Kier molecular flexibility index (Phi) is 6.79. The number of amides is 2. The van der Waals surface area contributed by atoms with E-state index in [1.165, 1.54) is 13.0 Å². The molecule has 2 aromatic carbocycles. The summed E-state index contributed by atoms with van der Waals surface area (Å²) in [4.78, 5) is 23.2. The molecule has 0 unspecified atom stereocenters. The second-order valence-electron chi connectivity index (χ2n) is 5.43.